The van der Waals surface area contributed by atoms with E-state index in [4.69, 9.17) is 0 Å². The van der Waals surface area contributed by atoms with Gasteiger partial charge in [0.2, 0.25) is 5.82 Å². The van der Waals surface area contributed by atoms with E-state index < -0.39 is 0 Å². The largest absolute Gasteiger partial charge is 0.337 e. The number of rotatable bonds is 4. The van der Waals surface area contributed by atoms with E-state index in [1.807, 2.05) is 4.57 Å². The SMILES string of the molecule is CN(Cc1cccc2ccccc12)Cc1nnc2n1CCN(C)C2=O. The third-order valence-electron chi connectivity index (χ3n) is 4.76. The molecule has 1 aliphatic heterocycles. The van der Waals surface area contributed by atoms with Gasteiger partial charge in [-0.2, -0.15) is 0 Å². The molecule has 0 aliphatic carbocycles. The zero-order valence-electron chi connectivity index (χ0n) is 14.5. The third-order valence-corrected chi connectivity index (χ3v) is 4.76. The molecule has 25 heavy (non-hydrogen) atoms. The molecule has 1 aliphatic rings. The molecule has 0 spiro atoms. The molecule has 0 bridgehead atoms. The minimum Gasteiger partial charge on any atom is -0.337 e. The van der Waals surface area contributed by atoms with Gasteiger partial charge in [0.05, 0.1) is 6.54 Å². The predicted octanol–water partition coefficient (Wildman–Crippen LogP) is 2.15. The fourth-order valence-corrected chi connectivity index (χ4v) is 3.39. The summed E-state index contributed by atoms with van der Waals surface area (Å²) >= 11 is 0. The van der Waals surface area contributed by atoms with Gasteiger partial charge in [0.25, 0.3) is 5.91 Å². The molecule has 0 saturated carbocycles. The van der Waals surface area contributed by atoms with E-state index in [2.05, 4.69) is 64.6 Å². The van der Waals surface area contributed by atoms with Crippen molar-refractivity contribution in [1.29, 1.82) is 0 Å². The molecule has 0 radical (unpaired) electrons. The van der Waals surface area contributed by atoms with Crippen molar-refractivity contribution >= 4 is 16.7 Å². The maximum absolute atomic E-state index is 12.1. The Bertz CT molecular complexity index is 927. The molecule has 6 nitrogen and oxygen atoms in total. The van der Waals surface area contributed by atoms with Crippen molar-refractivity contribution in [2.24, 2.45) is 0 Å². The molecule has 2 aromatic carbocycles. The number of amides is 1. The van der Waals surface area contributed by atoms with Crippen LogP contribution >= 0.6 is 0 Å². The van der Waals surface area contributed by atoms with Gasteiger partial charge in [-0.3, -0.25) is 9.69 Å². The molecule has 2 heterocycles. The highest BCUT2D eigenvalue weighted by atomic mass is 16.2. The fraction of sp³-hybridized carbons (Fsp3) is 0.316. The number of aromatic nitrogens is 3. The van der Waals surface area contributed by atoms with Crippen LogP contribution in [0.25, 0.3) is 10.8 Å². The number of likely N-dealkylation sites (N-methyl/N-ethyl adjacent to an activating group) is 1. The van der Waals surface area contributed by atoms with Gasteiger partial charge >= 0.3 is 0 Å². The van der Waals surface area contributed by atoms with Gasteiger partial charge in [-0.25, -0.2) is 0 Å². The van der Waals surface area contributed by atoms with Gasteiger partial charge in [0, 0.05) is 26.7 Å². The van der Waals surface area contributed by atoms with Crippen LogP contribution in [0, 0.1) is 0 Å². The Kier molecular flexibility index (Phi) is 3.97. The number of fused-ring (bicyclic) bond motifs is 2. The first kappa shape index (κ1) is 15.8. The Balaban J connectivity index is 1.54. The molecular formula is C19H21N5O. The van der Waals surface area contributed by atoms with Crippen LogP contribution in [-0.2, 0) is 19.6 Å². The molecule has 0 saturated heterocycles. The second-order valence-electron chi connectivity index (χ2n) is 6.63. The lowest BCUT2D eigenvalue weighted by atomic mass is 10.0. The highest BCUT2D eigenvalue weighted by Gasteiger charge is 2.26. The second kappa shape index (κ2) is 6.29. The van der Waals surface area contributed by atoms with E-state index in [1.54, 1.807) is 11.9 Å². The van der Waals surface area contributed by atoms with Crippen LogP contribution < -0.4 is 0 Å². The first-order valence-electron chi connectivity index (χ1n) is 8.46. The number of carbonyl (C=O) groups excluding carboxylic acids is 1. The quantitative estimate of drug-likeness (QED) is 0.733. The minimum atomic E-state index is -0.0540. The van der Waals surface area contributed by atoms with Crippen molar-refractivity contribution in [3.63, 3.8) is 0 Å². The van der Waals surface area contributed by atoms with Crippen LogP contribution in [0.4, 0.5) is 0 Å². The molecule has 0 atom stereocenters. The number of carbonyl (C=O) groups is 1. The van der Waals surface area contributed by atoms with Crippen molar-refractivity contribution in [3.05, 3.63) is 59.7 Å². The van der Waals surface area contributed by atoms with Crippen LogP contribution in [0.1, 0.15) is 22.0 Å². The van der Waals surface area contributed by atoms with Crippen molar-refractivity contribution in [1.82, 2.24) is 24.6 Å². The first-order valence-corrected chi connectivity index (χ1v) is 8.46. The smallest absolute Gasteiger partial charge is 0.291 e. The molecule has 3 aromatic rings. The van der Waals surface area contributed by atoms with E-state index in [0.29, 0.717) is 18.9 Å². The lowest BCUT2D eigenvalue weighted by Crippen LogP contribution is -2.38. The zero-order chi connectivity index (χ0) is 17.4. The summed E-state index contributed by atoms with van der Waals surface area (Å²) in [4.78, 5) is 16.0. The Labute approximate surface area is 146 Å². The van der Waals surface area contributed by atoms with Crippen molar-refractivity contribution in [2.45, 2.75) is 19.6 Å². The average Bonchev–Trinajstić information content (AvgIpc) is 3.02. The molecule has 1 amide bonds. The monoisotopic (exact) mass is 335 g/mol. The minimum absolute atomic E-state index is 0.0540. The summed E-state index contributed by atoms with van der Waals surface area (Å²) in [5, 5.41) is 10.9. The van der Waals surface area contributed by atoms with Gasteiger partial charge < -0.3 is 9.47 Å². The van der Waals surface area contributed by atoms with E-state index in [-0.39, 0.29) is 5.91 Å². The van der Waals surface area contributed by atoms with Crippen LogP contribution in [0.3, 0.4) is 0 Å². The molecule has 0 N–H and O–H groups in total. The molecular weight excluding hydrogens is 314 g/mol. The summed E-state index contributed by atoms with van der Waals surface area (Å²) in [5.74, 6) is 1.24. The maximum atomic E-state index is 12.1. The number of benzene rings is 2. The average molecular weight is 335 g/mol. The zero-order valence-corrected chi connectivity index (χ0v) is 14.5. The Hall–Kier alpha value is -2.73. The van der Waals surface area contributed by atoms with E-state index >= 15 is 0 Å². The van der Waals surface area contributed by atoms with Gasteiger partial charge in [-0.1, -0.05) is 42.5 Å². The summed E-state index contributed by atoms with van der Waals surface area (Å²) in [6.07, 6.45) is 0. The van der Waals surface area contributed by atoms with E-state index in [1.165, 1.54) is 16.3 Å². The summed E-state index contributed by atoms with van der Waals surface area (Å²) in [6.45, 7) is 2.93. The summed E-state index contributed by atoms with van der Waals surface area (Å²) in [6, 6.07) is 14.8. The van der Waals surface area contributed by atoms with Crippen LogP contribution in [0.5, 0.6) is 0 Å². The first-order chi connectivity index (χ1) is 12.1. The molecule has 6 heteroatoms. The predicted molar refractivity (Wildman–Crippen MR) is 96.1 cm³/mol. The normalized spacial score (nSPS) is 14.4. The standard InChI is InChI=1S/C19H21N5O/c1-22(12-15-8-5-7-14-6-3-4-9-16(14)15)13-17-20-21-18-19(25)23(2)10-11-24(17)18/h3-9H,10-13H2,1-2H3. The lowest BCUT2D eigenvalue weighted by Gasteiger charge is -2.24. The van der Waals surface area contributed by atoms with Crippen molar-refractivity contribution in [3.8, 4) is 0 Å². The van der Waals surface area contributed by atoms with Gasteiger partial charge in [0.15, 0.2) is 0 Å². The number of nitrogens with zero attached hydrogens (tertiary/aromatic N) is 5. The van der Waals surface area contributed by atoms with Crippen molar-refractivity contribution in [2.75, 3.05) is 20.6 Å². The highest BCUT2D eigenvalue weighted by Crippen LogP contribution is 2.20. The van der Waals surface area contributed by atoms with Gasteiger partial charge in [0.1, 0.15) is 5.82 Å². The Morgan fingerprint density at radius 1 is 1.04 bits per heavy atom. The van der Waals surface area contributed by atoms with Crippen LogP contribution in [0.2, 0.25) is 0 Å². The van der Waals surface area contributed by atoms with E-state index in [9.17, 15) is 4.79 Å². The third kappa shape index (κ3) is 2.89. The maximum Gasteiger partial charge on any atom is 0.291 e. The fourth-order valence-electron chi connectivity index (χ4n) is 3.39. The molecule has 0 unspecified atom stereocenters. The Morgan fingerprint density at radius 2 is 1.84 bits per heavy atom. The van der Waals surface area contributed by atoms with Gasteiger partial charge in [-0.15, -0.1) is 10.2 Å². The summed E-state index contributed by atoms with van der Waals surface area (Å²) < 4.78 is 1.95. The molecule has 1 aromatic heterocycles. The molecule has 0 fully saturated rings. The van der Waals surface area contributed by atoms with Crippen molar-refractivity contribution < 1.29 is 4.79 Å². The highest BCUT2D eigenvalue weighted by molar-refractivity contribution is 5.91. The Morgan fingerprint density at radius 3 is 2.72 bits per heavy atom. The second-order valence-corrected chi connectivity index (χ2v) is 6.63. The van der Waals surface area contributed by atoms with Crippen LogP contribution in [0.15, 0.2) is 42.5 Å². The van der Waals surface area contributed by atoms with Crippen LogP contribution in [-0.4, -0.2) is 51.1 Å². The molecule has 128 valence electrons. The summed E-state index contributed by atoms with van der Waals surface area (Å²) in [5.41, 5.74) is 1.29. The topological polar surface area (TPSA) is 54.3 Å². The molecule has 4 rings (SSSR count). The van der Waals surface area contributed by atoms with Gasteiger partial charge in [-0.05, 0) is 23.4 Å². The van der Waals surface area contributed by atoms with E-state index in [0.717, 1.165) is 18.9 Å². The lowest BCUT2D eigenvalue weighted by molar-refractivity contribution is 0.0739. The number of hydrogen-bond acceptors (Lipinski definition) is 4. The summed E-state index contributed by atoms with van der Waals surface area (Å²) in [7, 11) is 3.87. The number of hydrogen-bond donors (Lipinski definition) is 0.